The third-order valence-electron chi connectivity index (χ3n) is 2.86. The lowest BCUT2D eigenvalue weighted by molar-refractivity contribution is 0.108. The average Bonchev–Trinajstić information content (AvgIpc) is 2.39. The molecule has 0 aromatic heterocycles. The van der Waals surface area contributed by atoms with Crippen LogP contribution in [0.1, 0.15) is 30.6 Å². The third-order valence-corrected chi connectivity index (χ3v) is 3.08. The summed E-state index contributed by atoms with van der Waals surface area (Å²) in [5.41, 5.74) is 0.493. The lowest BCUT2D eigenvalue weighted by Gasteiger charge is -2.17. The smallest absolute Gasteiger partial charge is 0.252 e. The SMILES string of the molecule is CCN(CC)CCCOc1ccc(C(=O)Cl)cc1.Cl. The number of rotatable bonds is 8. The molecule has 0 aliphatic rings. The van der Waals surface area contributed by atoms with Gasteiger partial charge in [0, 0.05) is 12.1 Å². The number of hydrogen-bond acceptors (Lipinski definition) is 3. The van der Waals surface area contributed by atoms with Crippen LogP contribution in [-0.2, 0) is 0 Å². The first kappa shape index (κ1) is 18.2. The van der Waals surface area contributed by atoms with Crippen LogP contribution >= 0.6 is 24.0 Å². The van der Waals surface area contributed by atoms with Crippen LogP contribution < -0.4 is 4.74 Å². The van der Waals surface area contributed by atoms with Crippen molar-refractivity contribution in [2.45, 2.75) is 20.3 Å². The molecule has 3 nitrogen and oxygen atoms in total. The second kappa shape index (κ2) is 10.1. The van der Waals surface area contributed by atoms with Crippen LogP contribution in [0.4, 0.5) is 0 Å². The van der Waals surface area contributed by atoms with Crippen molar-refractivity contribution in [1.29, 1.82) is 0 Å². The van der Waals surface area contributed by atoms with Crippen LogP contribution in [0.15, 0.2) is 24.3 Å². The Hall–Kier alpha value is -0.770. The highest BCUT2D eigenvalue weighted by Gasteiger charge is 2.02. The van der Waals surface area contributed by atoms with Gasteiger partial charge in [-0.15, -0.1) is 12.4 Å². The second-order valence-electron chi connectivity index (χ2n) is 4.03. The summed E-state index contributed by atoms with van der Waals surface area (Å²) in [5, 5.41) is -0.442. The van der Waals surface area contributed by atoms with E-state index in [2.05, 4.69) is 18.7 Å². The fourth-order valence-electron chi connectivity index (χ4n) is 1.70. The molecule has 5 heteroatoms. The number of ether oxygens (including phenoxy) is 1. The van der Waals surface area contributed by atoms with Gasteiger partial charge in [-0.05, 0) is 55.4 Å². The van der Waals surface area contributed by atoms with Crippen LogP contribution in [0.3, 0.4) is 0 Å². The van der Waals surface area contributed by atoms with Gasteiger partial charge in [-0.1, -0.05) is 13.8 Å². The van der Waals surface area contributed by atoms with Crippen molar-refractivity contribution in [2.75, 3.05) is 26.2 Å². The number of hydrogen-bond donors (Lipinski definition) is 0. The lowest BCUT2D eigenvalue weighted by atomic mass is 10.2. The summed E-state index contributed by atoms with van der Waals surface area (Å²) in [6.45, 7) is 8.19. The molecule has 1 aromatic rings. The lowest BCUT2D eigenvalue weighted by Crippen LogP contribution is -2.25. The van der Waals surface area contributed by atoms with Crippen LogP contribution in [0.5, 0.6) is 5.75 Å². The van der Waals surface area contributed by atoms with Crippen molar-refractivity contribution in [3.8, 4) is 5.75 Å². The highest BCUT2D eigenvalue weighted by molar-refractivity contribution is 6.67. The zero-order valence-electron chi connectivity index (χ0n) is 11.4. The molecule has 0 amide bonds. The van der Waals surface area contributed by atoms with Crippen molar-refractivity contribution < 1.29 is 9.53 Å². The number of benzene rings is 1. The number of carbonyl (C=O) groups excluding carboxylic acids is 1. The first-order valence-electron chi connectivity index (χ1n) is 6.32. The molecular formula is C14H21Cl2NO2. The van der Waals surface area contributed by atoms with Crippen molar-refractivity contribution >= 4 is 29.3 Å². The van der Waals surface area contributed by atoms with Crippen molar-refractivity contribution in [3.63, 3.8) is 0 Å². The zero-order valence-corrected chi connectivity index (χ0v) is 13.0. The van der Waals surface area contributed by atoms with Gasteiger partial charge in [0.05, 0.1) is 6.61 Å². The fourth-order valence-corrected chi connectivity index (χ4v) is 1.83. The summed E-state index contributed by atoms with van der Waals surface area (Å²) in [4.78, 5) is 13.2. The average molecular weight is 306 g/mol. The maximum atomic E-state index is 10.9. The van der Waals surface area contributed by atoms with E-state index in [1.165, 1.54) is 0 Å². The molecule has 108 valence electrons. The van der Waals surface area contributed by atoms with Crippen molar-refractivity contribution in [1.82, 2.24) is 4.90 Å². The molecule has 1 aromatic carbocycles. The molecule has 19 heavy (non-hydrogen) atoms. The molecule has 0 aliphatic carbocycles. The molecule has 0 saturated carbocycles. The second-order valence-corrected chi connectivity index (χ2v) is 4.37. The normalized spacial score (nSPS) is 10.1. The summed E-state index contributed by atoms with van der Waals surface area (Å²) in [7, 11) is 0. The standard InChI is InChI=1S/C14H20ClNO2.ClH/c1-3-16(4-2)10-5-11-18-13-8-6-12(7-9-13)14(15)17;/h6-9H,3-5,10-11H2,1-2H3;1H. The maximum Gasteiger partial charge on any atom is 0.252 e. The zero-order chi connectivity index (χ0) is 13.4. The predicted octanol–water partition coefficient (Wildman–Crippen LogP) is 3.60. The summed E-state index contributed by atoms with van der Waals surface area (Å²) in [5.74, 6) is 0.774. The van der Waals surface area contributed by atoms with E-state index < -0.39 is 5.24 Å². The van der Waals surface area contributed by atoms with Crippen LogP contribution in [0, 0.1) is 0 Å². The van der Waals surface area contributed by atoms with Crippen LogP contribution in [-0.4, -0.2) is 36.4 Å². The third kappa shape index (κ3) is 6.81. The van der Waals surface area contributed by atoms with E-state index in [0.29, 0.717) is 12.2 Å². The van der Waals surface area contributed by atoms with Crippen LogP contribution in [0.25, 0.3) is 0 Å². The molecule has 0 fully saturated rings. The molecular weight excluding hydrogens is 285 g/mol. The first-order valence-corrected chi connectivity index (χ1v) is 6.70. The van der Waals surface area contributed by atoms with Gasteiger partial charge in [0.15, 0.2) is 0 Å². The largest absolute Gasteiger partial charge is 0.494 e. The summed E-state index contributed by atoms with van der Waals surface area (Å²) >= 11 is 5.36. The molecule has 0 radical (unpaired) electrons. The molecule has 0 unspecified atom stereocenters. The number of halogens is 2. The van der Waals surface area contributed by atoms with Gasteiger partial charge in [0.2, 0.25) is 0 Å². The fraction of sp³-hybridized carbons (Fsp3) is 0.500. The Bertz CT molecular complexity index is 364. The molecule has 0 atom stereocenters. The van der Waals surface area contributed by atoms with Crippen molar-refractivity contribution in [3.05, 3.63) is 29.8 Å². The first-order chi connectivity index (χ1) is 8.67. The van der Waals surface area contributed by atoms with E-state index in [9.17, 15) is 4.79 Å². The van der Waals surface area contributed by atoms with Gasteiger partial charge >= 0.3 is 0 Å². The molecule has 1 rings (SSSR count). The summed E-state index contributed by atoms with van der Waals surface area (Å²) in [6, 6.07) is 6.89. The minimum absolute atomic E-state index is 0. The van der Waals surface area contributed by atoms with E-state index in [0.717, 1.165) is 31.8 Å². The molecule has 0 aliphatic heterocycles. The van der Waals surface area contributed by atoms with E-state index >= 15 is 0 Å². The van der Waals surface area contributed by atoms with Gasteiger partial charge < -0.3 is 9.64 Å². The monoisotopic (exact) mass is 305 g/mol. The Morgan fingerprint density at radius 1 is 1.21 bits per heavy atom. The molecule has 0 spiro atoms. The maximum absolute atomic E-state index is 10.9. The Morgan fingerprint density at radius 3 is 2.26 bits per heavy atom. The molecule has 0 saturated heterocycles. The van der Waals surface area contributed by atoms with Gasteiger partial charge in [0.1, 0.15) is 5.75 Å². The summed E-state index contributed by atoms with van der Waals surface area (Å²) in [6.07, 6.45) is 0.998. The van der Waals surface area contributed by atoms with Gasteiger partial charge in [-0.2, -0.15) is 0 Å². The Kier molecular flexibility index (Phi) is 9.66. The van der Waals surface area contributed by atoms with Gasteiger partial charge in [-0.3, -0.25) is 4.79 Å². The van der Waals surface area contributed by atoms with Crippen LogP contribution in [0.2, 0.25) is 0 Å². The molecule has 0 heterocycles. The van der Waals surface area contributed by atoms with E-state index in [-0.39, 0.29) is 12.4 Å². The number of nitrogens with zero attached hydrogens (tertiary/aromatic N) is 1. The summed E-state index contributed by atoms with van der Waals surface area (Å²) < 4.78 is 5.60. The Labute approximate surface area is 126 Å². The Morgan fingerprint density at radius 2 is 1.79 bits per heavy atom. The minimum atomic E-state index is -0.442. The quantitative estimate of drug-likeness (QED) is 0.543. The van der Waals surface area contributed by atoms with Gasteiger partial charge in [0.25, 0.3) is 5.24 Å². The predicted molar refractivity (Wildman–Crippen MR) is 81.8 cm³/mol. The Balaban J connectivity index is 0.00000324. The minimum Gasteiger partial charge on any atom is -0.494 e. The van der Waals surface area contributed by atoms with Gasteiger partial charge in [-0.25, -0.2) is 0 Å². The van der Waals surface area contributed by atoms with E-state index in [4.69, 9.17) is 16.3 Å². The molecule has 0 N–H and O–H groups in total. The molecule has 0 bridgehead atoms. The van der Waals surface area contributed by atoms with Crippen molar-refractivity contribution in [2.24, 2.45) is 0 Å². The van der Waals surface area contributed by atoms with E-state index in [1.54, 1.807) is 24.3 Å². The highest BCUT2D eigenvalue weighted by atomic mass is 35.5. The van der Waals surface area contributed by atoms with E-state index in [1.807, 2.05) is 0 Å². The highest BCUT2D eigenvalue weighted by Crippen LogP contribution is 2.13. The number of carbonyl (C=O) groups is 1. The topological polar surface area (TPSA) is 29.5 Å².